The van der Waals surface area contributed by atoms with Gasteiger partial charge >= 0.3 is 6.18 Å². The summed E-state index contributed by atoms with van der Waals surface area (Å²) in [6.45, 7) is 1.81. The van der Waals surface area contributed by atoms with Gasteiger partial charge in [-0.25, -0.2) is 9.97 Å². The number of nitrogens with one attached hydrogen (secondary N) is 1. The maximum Gasteiger partial charge on any atom is 0.433 e. The van der Waals surface area contributed by atoms with Crippen LogP contribution in [0.4, 0.5) is 19.1 Å². The molecule has 0 amide bonds. The van der Waals surface area contributed by atoms with Crippen molar-refractivity contribution in [2.24, 2.45) is 0 Å². The van der Waals surface area contributed by atoms with Gasteiger partial charge in [0.05, 0.1) is 6.04 Å². The Hall–Kier alpha value is -1.77. The van der Waals surface area contributed by atoms with Crippen molar-refractivity contribution in [1.82, 2.24) is 9.97 Å². The molecule has 6 heteroatoms. The number of halogens is 3. The van der Waals surface area contributed by atoms with Crippen LogP contribution in [-0.4, -0.2) is 16.0 Å². The fourth-order valence-corrected chi connectivity index (χ4v) is 1.00. The van der Waals surface area contributed by atoms with Gasteiger partial charge in [-0.2, -0.15) is 13.2 Å². The second-order valence-electron chi connectivity index (χ2n) is 3.04. The van der Waals surface area contributed by atoms with Crippen LogP contribution in [0.1, 0.15) is 19.0 Å². The largest absolute Gasteiger partial charge is 0.433 e. The Morgan fingerprint density at radius 1 is 1.56 bits per heavy atom. The first-order chi connectivity index (χ1) is 7.47. The standard InChI is InChI=1S/C10H10F3N3/c1-3-7(4-2)15-9-14-6-5-8(16-9)10(11,12)13/h1,5-7H,4H2,2H3,(H,14,15,16). The molecule has 3 nitrogen and oxygen atoms in total. The molecular formula is C10H10F3N3. The topological polar surface area (TPSA) is 37.8 Å². The summed E-state index contributed by atoms with van der Waals surface area (Å²) >= 11 is 0. The minimum Gasteiger partial charge on any atom is -0.341 e. The molecule has 1 N–H and O–H groups in total. The van der Waals surface area contributed by atoms with Crippen molar-refractivity contribution in [1.29, 1.82) is 0 Å². The molecule has 16 heavy (non-hydrogen) atoms. The summed E-state index contributed by atoms with van der Waals surface area (Å²) in [5.41, 5.74) is -0.989. The molecule has 0 saturated carbocycles. The first-order valence-electron chi connectivity index (χ1n) is 4.60. The minimum atomic E-state index is -4.47. The number of terminal acetylenes is 1. The monoisotopic (exact) mass is 229 g/mol. The maximum atomic E-state index is 12.3. The molecule has 0 aliphatic heterocycles. The molecule has 1 atom stereocenters. The molecule has 0 spiro atoms. The van der Waals surface area contributed by atoms with Gasteiger partial charge in [0.2, 0.25) is 5.95 Å². The lowest BCUT2D eigenvalue weighted by molar-refractivity contribution is -0.141. The normalized spacial score (nSPS) is 12.9. The fraction of sp³-hybridized carbons (Fsp3) is 0.400. The van der Waals surface area contributed by atoms with E-state index in [-0.39, 0.29) is 12.0 Å². The van der Waals surface area contributed by atoms with Gasteiger partial charge in [-0.1, -0.05) is 12.8 Å². The van der Waals surface area contributed by atoms with Gasteiger partial charge in [-0.15, -0.1) is 6.42 Å². The molecule has 1 unspecified atom stereocenters. The third-order valence-corrected chi connectivity index (χ3v) is 1.86. The highest BCUT2D eigenvalue weighted by Gasteiger charge is 2.32. The van der Waals surface area contributed by atoms with Crippen LogP contribution < -0.4 is 5.32 Å². The summed E-state index contributed by atoms with van der Waals surface area (Å²) in [5.74, 6) is 2.27. The van der Waals surface area contributed by atoms with Crippen molar-refractivity contribution in [3.63, 3.8) is 0 Å². The van der Waals surface area contributed by atoms with E-state index in [0.29, 0.717) is 6.42 Å². The van der Waals surface area contributed by atoms with E-state index in [2.05, 4.69) is 21.2 Å². The number of anilines is 1. The Morgan fingerprint density at radius 2 is 2.25 bits per heavy atom. The summed E-state index contributed by atoms with van der Waals surface area (Å²) in [6, 6.07) is 0.436. The zero-order valence-electron chi connectivity index (χ0n) is 8.54. The molecule has 86 valence electrons. The van der Waals surface area contributed by atoms with Crippen molar-refractivity contribution < 1.29 is 13.2 Å². The average molecular weight is 229 g/mol. The summed E-state index contributed by atoms with van der Waals surface area (Å²) < 4.78 is 36.9. The van der Waals surface area contributed by atoms with E-state index in [1.54, 1.807) is 0 Å². The maximum absolute atomic E-state index is 12.3. The van der Waals surface area contributed by atoms with Crippen LogP contribution in [0.2, 0.25) is 0 Å². The molecule has 0 aromatic carbocycles. The van der Waals surface area contributed by atoms with Crippen molar-refractivity contribution in [3.05, 3.63) is 18.0 Å². The molecule has 1 heterocycles. The van der Waals surface area contributed by atoms with E-state index in [4.69, 9.17) is 6.42 Å². The number of hydrogen-bond acceptors (Lipinski definition) is 3. The predicted octanol–water partition coefficient (Wildman–Crippen LogP) is 2.32. The van der Waals surface area contributed by atoms with Gasteiger partial charge in [0.15, 0.2) is 0 Å². The van der Waals surface area contributed by atoms with Crippen LogP contribution in [0.5, 0.6) is 0 Å². The predicted molar refractivity (Wildman–Crippen MR) is 53.6 cm³/mol. The second kappa shape index (κ2) is 4.84. The van der Waals surface area contributed by atoms with Crippen LogP contribution in [0.25, 0.3) is 0 Å². The number of hydrogen-bond donors (Lipinski definition) is 1. The van der Waals surface area contributed by atoms with Gasteiger partial charge in [0.25, 0.3) is 0 Å². The number of aromatic nitrogens is 2. The van der Waals surface area contributed by atoms with E-state index < -0.39 is 11.9 Å². The van der Waals surface area contributed by atoms with E-state index in [0.717, 1.165) is 12.3 Å². The van der Waals surface area contributed by atoms with Gasteiger partial charge < -0.3 is 5.32 Å². The molecule has 1 aromatic heterocycles. The Labute approximate surface area is 91.1 Å². The first kappa shape index (κ1) is 12.3. The van der Waals surface area contributed by atoms with E-state index >= 15 is 0 Å². The zero-order valence-corrected chi connectivity index (χ0v) is 8.54. The second-order valence-corrected chi connectivity index (χ2v) is 3.04. The van der Waals surface area contributed by atoms with Gasteiger partial charge in [-0.3, -0.25) is 0 Å². The Morgan fingerprint density at radius 3 is 2.75 bits per heavy atom. The van der Waals surface area contributed by atoms with Crippen LogP contribution in [0.15, 0.2) is 12.3 Å². The van der Waals surface area contributed by atoms with E-state index in [9.17, 15) is 13.2 Å². The Balaban J connectivity index is 2.88. The average Bonchev–Trinajstić information content (AvgIpc) is 2.25. The number of nitrogens with zero attached hydrogens (tertiary/aromatic N) is 2. The number of alkyl halides is 3. The zero-order chi connectivity index (χ0) is 12.2. The van der Waals surface area contributed by atoms with Crippen molar-refractivity contribution in [2.45, 2.75) is 25.6 Å². The first-order valence-corrected chi connectivity index (χ1v) is 4.60. The highest BCUT2D eigenvalue weighted by molar-refractivity contribution is 5.30. The lowest BCUT2D eigenvalue weighted by atomic mass is 10.2. The van der Waals surface area contributed by atoms with Crippen LogP contribution >= 0.6 is 0 Å². The SMILES string of the molecule is C#CC(CC)Nc1nccc(C(F)(F)F)n1. The lowest BCUT2D eigenvalue weighted by Crippen LogP contribution is -2.19. The molecule has 0 fully saturated rings. The van der Waals surface area contributed by atoms with Gasteiger partial charge in [0, 0.05) is 6.20 Å². The molecular weight excluding hydrogens is 219 g/mol. The fourth-order valence-electron chi connectivity index (χ4n) is 1.00. The number of rotatable bonds is 3. The Bertz CT molecular complexity index is 395. The lowest BCUT2D eigenvalue weighted by Gasteiger charge is -2.11. The van der Waals surface area contributed by atoms with Crippen molar-refractivity contribution >= 4 is 5.95 Å². The summed E-state index contributed by atoms with van der Waals surface area (Å²) in [7, 11) is 0. The third kappa shape index (κ3) is 3.12. The third-order valence-electron chi connectivity index (χ3n) is 1.86. The highest BCUT2D eigenvalue weighted by atomic mass is 19.4. The molecule has 1 rings (SSSR count). The quantitative estimate of drug-likeness (QED) is 0.808. The van der Waals surface area contributed by atoms with Crippen molar-refractivity contribution in [3.8, 4) is 12.3 Å². The van der Waals surface area contributed by atoms with Crippen molar-refractivity contribution in [2.75, 3.05) is 5.32 Å². The van der Waals surface area contributed by atoms with Crippen LogP contribution in [0.3, 0.4) is 0 Å². The molecule has 0 saturated heterocycles. The molecule has 0 aliphatic carbocycles. The van der Waals surface area contributed by atoms with Crippen LogP contribution in [0, 0.1) is 12.3 Å². The van der Waals surface area contributed by atoms with E-state index in [1.165, 1.54) is 0 Å². The molecule has 1 aromatic rings. The summed E-state index contributed by atoms with van der Waals surface area (Å²) in [5, 5.41) is 2.63. The smallest absolute Gasteiger partial charge is 0.341 e. The molecule has 0 bridgehead atoms. The summed E-state index contributed by atoms with van der Waals surface area (Å²) in [4.78, 5) is 7.01. The van der Waals surface area contributed by atoms with Gasteiger partial charge in [0.1, 0.15) is 5.69 Å². The highest BCUT2D eigenvalue weighted by Crippen LogP contribution is 2.27. The molecule has 0 aliphatic rings. The minimum absolute atomic E-state index is 0.111. The Kier molecular flexibility index (Phi) is 3.72. The molecule has 0 radical (unpaired) electrons. The summed E-state index contributed by atoms with van der Waals surface area (Å²) in [6.07, 6.45) is 2.31. The van der Waals surface area contributed by atoms with Crippen LogP contribution in [-0.2, 0) is 6.18 Å². The van der Waals surface area contributed by atoms with Gasteiger partial charge in [-0.05, 0) is 12.5 Å². The van der Waals surface area contributed by atoms with E-state index in [1.807, 2.05) is 6.92 Å².